The zero-order chi connectivity index (χ0) is 18.6. The van der Waals surface area contributed by atoms with Gasteiger partial charge in [0.15, 0.2) is 0 Å². The molecule has 1 aliphatic heterocycles. The fraction of sp³-hybridized carbons (Fsp3) is 0.278. The largest absolute Gasteiger partial charge is 0.366 e. The van der Waals surface area contributed by atoms with Crippen LogP contribution in [0.5, 0.6) is 0 Å². The second-order valence-electron chi connectivity index (χ2n) is 5.89. The zero-order valence-electron chi connectivity index (χ0n) is 14.4. The second kappa shape index (κ2) is 7.86. The molecule has 0 aliphatic carbocycles. The maximum atomic E-state index is 12.9. The molecular weight excluding hydrogens is 354 g/mol. The fourth-order valence-electron chi connectivity index (χ4n) is 2.63. The first kappa shape index (κ1) is 18.4. The number of hydrogen-bond acceptors (Lipinski definition) is 5. The number of sulfonamides is 1. The number of nitrogens with zero attached hydrogens (tertiary/aromatic N) is 1. The molecule has 1 unspecified atom stereocenters. The lowest BCUT2D eigenvalue weighted by atomic mass is 10.2. The van der Waals surface area contributed by atoms with Gasteiger partial charge in [-0.1, -0.05) is 24.3 Å². The van der Waals surface area contributed by atoms with E-state index < -0.39 is 16.1 Å². The summed E-state index contributed by atoms with van der Waals surface area (Å²) in [5.41, 5.74) is 0.968. The maximum Gasteiger partial charge on any atom is 0.264 e. The highest BCUT2D eigenvalue weighted by Gasteiger charge is 2.24. The van der Waals surface area contributed by atoms with E-state index in [0.717, 1.165) is 0 Å². The number of benzene rings is 2. The highest BCUT2D eigenvalue weighted by molar-refractivity contribution is 7.92. The van der Waals surface area contributed by atoms with Crippen molar-refractivity contribution < 1.29 is 17.9 Å². The summed E-state index contributed by atoms with van der Waals surface area (Å²) in [6, 6.07) is 15.0. The molecule has 8 heteroatoms. The molecule has 1 amide bonds. The number of rotatable bonds is 5. The van der Waals surface area contributed by atoms with Gasteiger partial charge in [0.25, 0.3) is 15.9 Å². The van der Waals surface area contributed by atoms with Crippen molar-refractivity contribution >= 4 is 27.3 Å². The number of hydrogen-bond donors (Lipinski definition) is 2. The minimum atomic E-state index is -3.74. The summed E-state index contributed by atoms with van der Waals surface area (Å²) in [7, 11) is -2.24. The molecule has 2 aromatic rings. The molecule has 1 fully saturated rings. The number of carbonyl (C=O) groups is 1. The van der Waals surface area contributed by atoms with Crippen LogP contribution in [-0.2, 0) is 19.6 Å². The summed E-state index contributed by atoms with van der Waals surface area (Å²) in [6.07, 6.45) is -0.587. The molecular formula is C18H21N3O4S. The van der Waals surface area contributed by atoms with E-state index in [2.05, 4.69) is 10.6 Å². The molecule has 3 rings (SSSR count). The Morgan fingerprint density at radius 2 is 1.96 bits per heavy atom. The van der Waals surface area contributed by atoms with Crippen molar-refractivity contribution in [3.63, 3.8) is 0 Å². The third-order valence-corrected chi connectivity index (χ3v) is 5.88. The average molecular weight is 375 g/mol. The minimum absolute atomic E-state index is 0.101. The van der Waals surface area contributed by atoms with Crippen molar-refractivity contribution in [2.75, 3.05) is 36.4 Å². The molecule has 1 heterocycles. The number of nitrogens with one attached hydrogen (secondary N) is 2. The Balaban J connectivity index is 1.79. The summed E-state index contributed by atoms with van der Waals surface area (Å²) < 4.78 is 32.3. The van der Waals surface area contributed by atoms with Gasteiger partial charge in [-0.3, -0.25) is 9.10 Å². The number of anilines is 2. The summed E-state index contributed by atoms with van der Waals surface area (Å²) in [4.78, 5) is 12.3. The van der Waals surface area contributed by atoms with Gasteiger partial charge in [0.1, 0.15) is 6.10 Å². The van der Waals surface area contributed by atoms with E-state index in [1.807, 2.05) is 6.07 Å². The third-order valence-electron chi connectivity index (χ3n) is 4.10. The second-order valence-corrected chi connectivity index (χ2v) is 7.86. The first-order valence-corrected chi connectivity index (χ1v) is 9.70. The van der Waals surface area contributed by atoms with Crippen LogP contribution >= 0.6 is 0 Å². The van der Waals surface area contributed by atoms with Crippen molar-refractivity contribution in [1.29, 1.82) is 0 Å². The monoisotopic (exact) mass is 375 g/mol. The van der Waals surface area contributed by atoms with E-state index in [1.165, 1.54) is 23.5 Å². The molecule has 138 valence electrons. The van der Waals surface area contributed by atoms with Gasteiger partial charge >= 0.3 is 0 Å². The Morgan fingerprint density at radius 3 is 2.65 bits per heavy atom. The first-order chi connectivity index (χ1) is 12.5. The highest BCUT2D eigenvalue weighted by atomic mass is 32.2. The minimum Gasteiger partial charge on any atom is -0.366 e. The van der Waals surface area contributed by atoms with Crippen LogP contribution in [0.25, 0.3) is 0 Å². The van der Waals surface area contributed by atoms with E-state index in [4.69, 9.17) is 4.74 Å². The maximum absolute atomic E-state index is 12.9. The van der Waals surface area contributed by atoms with E-state index in [0.29, 0.717) is 31.1 Å². The van der Waals surface area contributed by atoms with Crippen LogP contribution in [0.15, 0.2) is 59.5 Å². The summed E-state index contributed by atoms with van der Waals surface area (Å²) in [6.45, 7) is 1.61. The Bertz CT molecular complexity index is 865. The van der Waals surface area contributed by atoms with Crippen LogP contribution in [0, 0.1) is 0 Å². The van der Waals surface area contributed by atoms with Crippen LogP contribution in [-0.4, -0.2) is 47.2 Å². The van der Waals surface area contributed by atoms with Gasteiger partial charge in [-0.2, -0.15) is 0 Å². The van der Waals surface area contributed by atoms with Gasteiger partial charge in [-0.05, 0) is 30.3 Å². The molecule has 7 nitrogen and oxygen atoms in total. The molecule has 1 aliphatic rings. The Morgan fingerprint density at radius 1 is 1.19 bits per heavy atom. The van der Waals surface area contributed by atoms with E-state index >= 15 is 0 Å². The molecule has 0 aromatic heterocycles. The number of amides is 1. The Kier molecular flexibility index (Phi) is 5.55. The fourth-order valence-corrected chi connectivity index (χ4v) is 3.87. The molecule has 1 atom stereocenters. The van der Waals surface area contributed by atoms with Gasteiger partial charge in [-0.15, -0.1) is 0 Å². The molecule has 0 saturated carbocycles. The van der Waals surface area contributed by atoms with Crippen LogP contribution in [0.4, 0.5) is 11.4 Å². The van der Waals surface area contributed by atoms with Crippen LogP contribution in [0.1, 0.15) is 0 Å². The van der Waals surface area contributed by atoms with Crippen molar-refractivity contribution in [3.8, 4) is 0 Å². The highest BCUT2D eigenvalue weighted by Crippen LogP contribution is 2.23. The van der Waals surface area contributed by atoms with Crippen molar-refractivity contribution in [3.05, 3.63) is 54.6 Å². The van der Waals surface area contributed by atoms with Gasteiger partial charge in [0.2, 0.25) is 0 Å². The Hall–Kier alpha value is -2.42. The molecule has 2 aromatic carbocycles. The lowest BCUT2D eigenvalue weighted by Gasteiger charge is -2.23. The van der Waals surface area contributed by atoms with Gasteiger partial charge in [-0.25, -0.2) is 8.42 Å². The standard InChI is InChI=1S/C18H21N3O4S/c1-21(15-7-3-2-4-8-15)26(23,24)16-9-5-6-14(12-16)20-18(22)17-13-19-10-11-25-17/h2-9,12,17,19H,10-11,13H2,1H3,(H,20,22). The zero-order valence-corrected chi connectivity index (χ0v) is 15.2. The number of morpholine rings is 1. The predicted molar refractivity (Wildman–Crippen MR) is 99.7 cm³/mol. The van der Waals surface area contributed by atoms with Crippen LogP contribution in [0.3, 0.4) is 0 Å². The van der Waals surface area contributed by atoms with Crippen LogP contribution in [0.2, 0.25) is 0 Å². The van der Waals surface area contributed by atoms with Crippen molar-refractivity contribution in [1.82, 2.24) is 5.32 Å². The third kappa shape index (κ3) is 4.04. The molecule has 2 N–H and O–H groups in total. The Labute approximate surface area is 153 Å². The van der Waals surface area contributed by atoms with Gasteiger partial charge in [0.05, 0.1) is 17.2 Å². The topological polar surface area (TPSA) is 87.7 Å². The average Bonchev–Trinajstić information content (AvgIpc) is 2.69. The molecule has 1 saturated heterocycles. The first-order valence-electron chi connectivity index (χ1n) is 8.26. The lowest BCUT2D eigenvalue weighted by Crippen LogP contribution is -2.45. The number of carbonyl (C=O) groups excluding carboxylic acids is 1. The van der Waals surface area contributed by atoms with E-state index in [-0.39, 0.29) is 10.8 Å². The van der Waals surface area contributed by atoms with Crippen molar-refractivity contribution in [2.24, 2.45) is 0 Å². The van der Waals surface area contributed by atoms with Gasteiger partial charge < -0.3 is 15.4 Å². The van der Waals surface area contributed by atoms with E-state index in [1.54, 1.807) is 36.4 Å². The summed E-state index contributed by atoms with van der Waals surface area (Å²) >= 11 is 0. The number of ether oxygens (including phenoxy) is 1. The van der Waals surface area contributed by atoms with Gasteiger partial charge in [0, 0.05) is 25.8 Å². The lowest BCUT2D eigenvalue weighted by molar-refractivity contribution is -0.128. The number of para-hydroxylation sites is 1. The summed E-state index contributed by atoms with van der Waals surface area (Å²) in [5.74, 6) is -0.303. The molecule has 0 bridgehead atoms. The molecule has 0 radical (unpaired) electrons. The van der Waals surface area contributed by atoms with Crippen molar-refractivity contribution in [2.45, 2.75) is 11.0 Å². The summed E-state index contributed by atoms with van der Waals surface area (Å²) in [5, 5.41) is 5.80. The SMILES string of the molecule is CN(c1ccccc1)S(=O)(=O)c1cccc(NC(=O)C2CNCCO2)c1. The predicted octanol–water partition coefficient (Wildman–Crippen LogP) is 1.44. The smallest absolute Gasteiger partial charge is 0.264 e. The van der Waals surface area contributed by atoms with Crippen LogP contribution < -0.4 is 14.9 Å². The van der Waals surface area contributed by atoms with E-state index in [9.17, 15) is 13.2 Å². The quantitative estimate of drug-likeness (QED) is 0.826. The molecule has 26 heavy (non-hydrogen) atoms. The normalized spacial score (nSPS) is 17.5. The molecule has 0 spiro atoms.